The summed E-state index contributed by atoms with van der Waals surface area (Å²) in [5.41, 5.74) is 1.74. The molecule has 0 aliphatic carbocycles. The van der Waals surface area contributed by atoms with E-state index < -0.39 is 6.09 Å². The summed E-state index contributed by atoms with van der Waals surface area (Å²) in [7, 11) is 0. The van der Waals surface area contributed by atoms with Crippen LogP contribution in [-0.4, -0.2) is 17.5 Å². The molecule has 2 aromatic carbocycles. The molecule has 0 saturated carbocycles. The highest BCUT2D eigenvalue weighted by molar-refractivity contribution is 5.68. The normalized spacial score (nSPS) is 19.9. The van der Waals surface area contributed by atoms with E-state index in [1.54, 1.807) is 17.0 Å². The monoisotopic (exact) mass is 338 g/mol. The van der Waals surface area contributed by atoms with Crippen LogP contribution in [0.3, 0.4) is 0 Å². The summed E-state index contributed by atoms with van der Waals surface area (Å²) in [4.78, 5) is 14.2. The summed E-state index contributed by atoms with van der Waals surface area (Å²) in [5, 5.41) is 9.23. The first kappa shape index (κ1) is 17.0. The largest absolute Gasteiger partial charge is 0.445 e. The fourth-order valence-electron chi connectivity index (χ4n) is 3.10. The summed E-state index contributed by atoms with van der Waals surface area (Å²) < 4.78 is 18.6. The van der Waals surface area contributed by atoms with E-state index in [1.165, 1.54) is 12.1 Å². The highest BCUT2D eigenvalue weighted by Gasteiger charge is 2.33. The number of carbonyl (C=O) groups excluding carboxylic acids is 1. The fraction of sp³-hybridized carbons (Fsp3) is 0.300. The number of rotatable bonds is 3. The first-order valence-electron chi connectivity index (χ1n) is 8.30. The third-order valence-corrected chi connectivity index (χ3v) is 4.48. The number of nitriles is 1. The van der Waals surface area contributed by atoms with Gasteiger partial charge in [-0.05, 0) is 36.1 Å². The van der Waals surface area contributed by atoms with Crippen LogP contribution in [0.1, 0.15) is 30.0 Å². The maximum atomic E-state index is 13.2. The van der Waals surface area contributed by atoms with E-state index in [1.807, 2.05) is 30.3 Å². The molecule has 1 aliphatic rings. The van der Waals surface area contributed by atoms with Gasteiger partial charge in [0.1, 0.15) is 12.4 Å². The van der Waals surface area contributed by atoms with E-state index >= 15 is 0 Å². The summed E-state index contributed by atoms with van der Waals surface area (Å²) in [6.07, 6.45) is 0.742. The van der Waals surface area contributed by atoms with Gasteiger partial charge >= 0.3 is 6.09 Å². The molecule has 2 atom stereocenters. The van der Waals surface area contributed by atoms with Crippen molar-refractivity contribution in [3.63, 3.8) is 0 Å². The average Bonchev–Trinajstić information content (AvgIpc) is 2.67. The third-order valence-electron chi connectivity index (χ3n) is 4.48. The first-order chi connectivity index (χ1) is 12.2. The summed E-state index contributed by atoms with van der Waals surface area (Å²) in [6.45, 7) is 0.655. The van der Waals surface area contributed by atoms with Crippen molar-refractivity contribution in [2.45, 2.75) is 25.5 Å². The number of likely N-dealkylation sites (tertiary alicyclic amines) is 1. The lowest BCUT2D eigenvalue weighted by Crippen LogP contribution is -2.41. The average molecular weight is 338 g/mol. The quantitative estimate of drug-likeness (QED) is 0.831. The number of halogens is 1. The van der Waals surface area contributed by atoms with E-state index in [2.05, 4.69) is 6.07 Å². The summed E-state index contributed by atoms with van der Waals surface area (Å²) in [5.74, 6) is -0.442. The van der Waals surface area contributed by atoms with Crippen LogP contribution in [0.25, 0.3) is 0 Å². The van der Waals surface area contributed by atoms with E-state index in [4.69, 9.17) is 4.74 Å². The zero-order chi connectivity index (χ0) is 17.6. The van der Waals surface area contributed by atoms with Crippen LogP contribution < -0.4 is 0 Å². The Hall–Kier alpha value is -2.87. The molecule has 2 aromatic rings. The van der Waals surface area contributed by atoms with Crippen molar-refractivity contribution in [1.82, 2.24) is 4.90 Å². The molecule has 0 aromatic heterocycles. The Morgan fingerprint density at radius 3 is 2.60 bits per heavy atom. The van der Waals surface area contributed by atoms with Crippen LogP contribution in [0.4, 0.5) is 9.18 Å². The third kappa shape index (κ3) is 4.16. The van der Waals surface area contributed by atoms with Gasteiger partial charge in [0, 0.05) is 6.54 Å². The Kier molecular flexibility index (Phi) is 5.30. The molecule has 1 fully saturated rings. The van der Waals surface area contributed by atoms with Crippen LogP contribution in [0.2, 0.25) is 0 Å². The van der Waals surface area contributed by atoms with Crippen LogP contribution in [0, 0.1) is 23.1 Å². The molecule has 1 amide bonds. The zero-order valence-corrected chi connectivity index (χ0v) is 13.8. The van der Waals surface area contributed by atoms with Crippen molar-refractivity contribution in [1.29, 1.82) is 5.26 Å². The van der Waals surface area contributed by atoms with Crippen molar-refractivity contribution >= 4 is 6.09 Å². The zero-order valence-electron chi connectivity index (χ0n) is 13.8. The topological polar surface area (TPSA) is 53.3 Å². The van der Waals surface area contributed by atoms with Gasteiger partial charge in [0.25, 0.3) is 0 Å². The Bertz CT molecular complexity index is 756. The van der Waals surface area contributed by atoms with Crippen LogP contribution >= 0.6 is 0 Å². The van der Waals surface area contributed by atoms with E-state index in [0.717, 1.165) is 11.1 Å². The lowest BCUT2D eigenvalue weighted by Gasteiger charge is -2.37. The van der Waals surface area contributed by atoms with Gasteiger partial charge in [-0.1, -0.05) is 42.5 Å². The lowest BCUT2D eigenvalue weighted by atomic mass is 9.88. The molecule has 25 heavy (non-hydrogen) atoms. The predicted molar refractivity (Wildman–Crippen MR) is 90.8 cm³/mol. The Balaban J connectivity index is 1.73. The van der Waals surface area contributed by atoms with Crippen LogP contribution in [0.15, 0.2) is 54.6 Å². The second-order valence-electron chi connectivity index (χ2n) is 6.15. The number of ether oxygens (including phenoxy) is 1. The maximum Gasteiger partial charge on any atom is 0.410 e. The standard InChI is InChI=1S/C20H19FN2O2/c21-18-8-6-17(7-9-18)19-12-16(13-22)10-11-23(19)20(24)25-14-15-4-2-1-3-5-15/h1-9,16,19H,10-12,14H2/t16-,19+/m0/s1. The minimum absolute atomic E-state index is 0.117. The van der Waals surface area contributed by atoms with Crippen molar-refractivity contribution in [3.05, 3.63) is 71.5 Å². The molecule has 128 valence electrons. The van der Waals surface area contributed by atoms with Crippen molar-refractivity contribution in [2.75, 3.05) is 6.54 Å². The Morgan fingerprint density at radius 2 is 1.92 bits per heavy atom. The van der Waals surface area contributed by atoms with Crippen LogP contribution in [-0.2, 0) is 11.3 Å². The molecule has 5 heteroatoms. The molecule has 0 unspecified atom stereocenters. The van der Waals surface area contributed by atoms with Crippen molar-refractivity contribution in [2.24, 2.45) is 5.92 Å². The Morgan fingerprint density at radius 1 is 1.20 bits per heavy atom. The van der Waals surface area contributed by atoms with Gasteiger partial charge in [-0.2, -0.15) is 5.26 Å². The molecule has 3 rings (SSSR count). The van der Waals surface area contributed by atoms with E-state index in [0.29, 0.717) is 19.4 Å². The Labute approximate surface area is 146 Å². The van der Waals surface area contributed by atoms with Gasteiger partial charge in [0.2, 0.25) is 0 Å². The molecule has 0 radical (unpaired) electrons. The first-order valence-corrected chi connectivity index (χ1v) is 8.30. The number of carbonyl (C=O) groups is 1. The molecule has 1 saturated heterocycles. The van der Waals surface area contributed by atoms with E-state index in [-0.39, 0.29) is 24.4 Å². The number of hydrogen-bond donors (Lipinski definition) is 0. The molecule has 0 bridgehead atoms. The summed E-state index contributed by atoms with van der Waals surface area (Å²) >= 11 is 0. The van der Waals surface area contributed by atoms with E-state index in [9.17, 15) is 14.4 Å². The molecular weight excluding hydrogens is 319 g/mol. The molecule has 0 spiro atoms. The smallest absolute Gasteiger partial charge is 0.410 e. The minimum atomic E-state index is -0.408. The van der Waals surface area contributed by atoms with Gasteiger partial charge in [-0.3, -0.25) is 0 Å². The minimum Gasteiger partial charge on any atom is -0.445 e. The van der Waals surface area contributed by atoms with Gasteiger partial charge in [-0.15, -0.1) is 0 Å². The van der Waals surface area contributed by atoms with Gasteiger partial charge in [-0.25, -0.2) is 9.18 Å². The molecular formula is C20H19FN2O2. The van der Waals surface area contributed by atoms with Crippen LogP contribution in [0.5, 0.6) is 0 Å². The second kappa shape index (κ2) is 7.80. The van der Waals surface area contributed by atoms with Gasteiger partial charge in [0.05, 0.1) is 18.0 Å². The van der Waals surface area contributed by atoms with Crippen molar-refractivity contribution < 1.29 is 13.9 Å². The molecule has 1 heterocycles. The fourth-order valence-corrected chi connectivity index (χ4v) is 3.10. The highest BCUT2D eigenvalue weighted by atomic mass is 19.1. The lowest BCUT2D eigenvalue weighted by molar-refractivity contribution is 0.0620. The number of amides is 1. The van der Waals surface area contributed by atoms with Crippen molar-refractivity contribution in [3.8, 4) is 6.07 Å². The molecule has 0 N–H and O–H groups in total. The SMILES string of the molecule is N#C[C@H]1CCN(C(=O)OCc2ccccc2)[C@@H](c2ccc(F)cc2)C1. The maximum absolute atomic E-state index is 13.2. The summed E-state index contributed by atoms with van der Waals surface area (Å²) in [6, 6.07) is 17.6. The second-order valence-corrected chi connectivity index (χ2v) is 6.15. The predicted octanol–water partition coefficient (Wildman–Crippen LogP) is 4.44. The highest BCUT2D eigenvalue weighted by Crippen LogP contribution is 2.34. The molecule has 1 aliphatic heterocycles. The van der Waals surface area contributed by atoms with Gasteiger partial charge < -0.3 is 9.64 Å². The molecule has 4 nitrogen and oxygen atoms in total. The number of benzene rings is 2. The number of piperidine rings is 1. The number of hydrogen-bond acceptors (Lipinski definition) is 3. The van der Waals surface area contributed by atoms with Gasteiger partial charge in [0.15, 0.2) is 0 Å². The number of nitrogens with zero attached hydrogens (tertiary/aromatic N) is 2.